The average Bonchev–Trinajstić information content (AvgIpc) is 2.91. The van der Waals surface area contributed by atoms with E-state index in [9.17, 15) is 13.6 Å². The van der Waals surface area contributed by atoms with E-state index in [-0.39, 0.29) is 23.3 Å². The van der Waals surface area contributed by atoms with Gasteiger partial charge in [0.05, 0.1) is 12.3 Å². The molecule has 2 aromatic rings. The number of alkyl halides is 2. The van der Waals surface area contributed by atoms with Crippen LogP contribution in [0.3, 0.4) is 0 Å². The lowest BCUT2D eigenvalue weighted by Crippen LogP contribution is -2.16. The zero-order valence-corrected chi connectivity index (χ0v) is 12.0. The molecular formula is C13H15F2N5O2. The summed E-state index contributed by atoms with van der Waals surface area (Å²) < 4.78 is 30.8. The molecule has 0 saturated heterocycles. The fourth-order valence-electron chi connectivity index (χ4n) is 1.65. The van der Waals surface area contributed by atoms with Gasteiger partial charge in [-0.3, -0.25) is 4.79 Å². The van der Waals surface area contributed by atoms with Crippen molar-refractivity contribution in [3.05, 3.63) is 30.2 Å². The maximum atomic E-state index is 12.4. The Morgan fingerprint density at radius 1 is 1.45 bits per heavy atom. The summed E-state index contributed by atoms with van der Waals surface area (Å²) in [6.45, 7) is 0.818. The summed E-state index contributed by atoms with van der Waals surface area (Å²) in [5.74, 6) is -0.0839. The lowest BCUT2D eigenvalue weighted by Gasteiger charge is -2.14. The number of ether oxygens (including phenoxy) is 1. The maximum absolute atomic E-state index is 12.4. The highest BCUT2D eigenvalue weighted by Crippen LogP contribution is 2.26. The number of pyridine rings is 1. The molecule has 0 fully saturated rings. The lowest BCUT2D eigenvalue weighted by atomic mass is 10.3. The zero-order valence-electron chi connectivity index (χ0n) is 12.0. The van der Waals surface area contributed by atoms with Gasteiger partial charge in [0.25, 0.3) is 5.91 Å². The number of hydrogen-bond donors (Lipinski definition) is 2. The topological polar surface area (TPSA) is 95.1 Å². The number of anilines is 2. The third-order valence-electron chi connectivity index (χ3n) is 2.54. The van der Waals surface area contributed by atoms with Gasteiger partial charge in [0.2, 0.25) is 0 Å². The third kappa shape index (κ3) is 3.68. The number of aromatic nitrogens is 3. The summed E-state index contributed by atoms with van der Waals surface area (Å²) in [4.78, 5) is 15.9. The first kappa shape index (κ1) is 15.7. The van der Waals surface area contributed by atoms with Crippen molar-refractivity contribution in [1.29, 1.82) is 0 Å². The van der Waals surface area contributed by atoms with E-state index < -0.39 is 12.5 Å². The molecule has 22 heavy (non-hydrogen) atoms. The maximum Gasteiger partial charge on any atom is 0.333 e. The normalized spacial score (nSPS) is 11.0. The molecule has 0 aliphatic heterocycles. The molecule has 9 heteroatoms. The van der Waals surface area contributed by atoms with Crippen LogP contribution in [0, 0.1) is 0 Å². The number of carbonyl (C=O) groups excluding carboxylic acids is 1. The van der Waals surface area contributed by atoms with Crippen molar-refractivity contribution >= 4 is 17.4 Å². The smallest absolute Gasteiger partial charge is 0.333 e. The highest BCUT2D eigenvalue weighted by Gasteiger charge is 2.16. The highest BCUT2D eigenvalue weighted by molar-refractivity contribution is 6.03. The van der Waals surface area contributed by atoms with Gasteiger partial charge >= 0.3 is 6.55 Å². The molecule has 0 aromatic carbocycles. The Balaban J connectivity index is 2.20. The van der Waals surface area contributed by atoms with Crippen LogP contribution in [0.1, 0.15) is 30.9 Å². The van der Waals surface area contributed by atoms with Crippen molar-refractivity contribution in [1.82, 2.24) is 14.8 Å². The SMILES string of the molecule is CC(C)Oc1cc(N)ncc1NC(=O)c1ccn(C(F)F)n1. The summed E-state index contributed by atoms with van der Waals surface area (Å²) in [6.07, 6.45) is 2.21. The zero-order chi connectivity index (χ0) is 16.3. The monoisotopic (exact) mass is 311 g/mol. The van der Waals surface area contributed by atoms with E-state index in [1.807, 2.05) is 13.8 Å². The Kier molecular flexibility index (Phi) is 4.54. The van der Waals surface area contributed by atoms with Crippen molar-refractivity contribution < 1.29 is 18.3 Å². The fraction of sp³-hybridized carbons (Fsp3) is 0.308. The standard InChI is InChI=1S/C13H15F2N5O2/c1-7(2)22-10-5-11(16)17-6-9(10)18-12(21)8-3-4-20(19-8)13(14)15/h3-7,13H,1-2H3,(H2,16,17)(H,18,21). The van der Waals surface area contributed by atoms with Gasteiger partial charge in [0.15, 0.2) is 5.69 Å². The molecule has 2 heterocycles. The minimum absolute atomic E-state index is 0.143. The van der Waals surface area contributed by atoms with Crippen LogP contribution in [-0.4, -0.2) is 26.8 Å². The van der Waals surface area contributed by atoms with Crippen molar-refractivity contribution in [2.24, 2.45) is 0 Å². The molecule has 0 atom stereocenters. The van der Waals surface area contributed by atoms with E-state index in [1.54, 1.807) is 0 Å². The van der Waals surface area contributed by atoms with E-state index in [4.69, 9.17) is 10.5 Å². The van der Waals surface area contributed by atoms with Crippen molar-refractivity contribution in [3.8, 4) is 5.75 Å². The third-order valence-corrected chi connectivity index (χ3v) is 2.54. The summed E-state index contributed by atoms with van der Waals surface area (Å²) in [6, 6.07) is 2.66. The number of carbonyl (C=O) groups is 1. The molecule has 2 aromatic heterocycles. The second kappa shape index (κ2) is 6.37. The van der Waals surface area contributed by atoms with Gasteiger partial charge in [-0.05, 0) is 19.9 Å². The predicted molar refractivity (Wildman–Crippen MR) is 75.8 cm³/mol. The van der Waals surface area contributed by atoms with Crippen LogP contribution >= 0.6 is 0 Å². The second-order valence-electron chi connectivity index (χ2n) is 4.68. The Hall–Kier alpha value is -2.71. The van der Waals surface area contributed by atoms with E-state index in [0.717, 1.165) is 6.20 Å². The van der Waals surface area contributed by atoms with Crippen LogP contribution in [0.2, 0.25) is 0 Å². The minimum atomic E-state index is -2.81. The molecule has 118 valence electrons. The molecule has 7 nitrogen and oxygen atoms in total. The van der Waals surface area contributed by atoms with Crippen LogP contribution in [-0.2, 0) is 0 Å². The predicted octanol–water partition coefficient (Wildman–Crippen LogP) is 2.29. The van der Waals surface area contributed by atoms with Gasteiger partial charge in [0.1, 0.15) is 17.3 Å². The lowest BCUT2D eigenvalue weighted by molar-refractivity contribution is 0.0561. The van der Waals surface area contributed by atoms with E-state index >= 15 is 0 Å². The molecule has 0 saturated carbocycles. The number of halogens is 2. The number of amides is 1. The van der Waals surface area contributed by atoms with Crippen molar-refractivity contribution in [2.75, 3.05) is 11.1 Å². The Labute approximate surface area is 125 Å². The van der Waals surface area contributed by atoms with Crippen LogP contribution in [0.5, 0.6) is 5.75 Å². The van der Waals surface area contributed by atoms with Gasteiger partial charge in [-0.15, -0.1) is 0 Å². The quantitative estimate of drug-likeness (QED) is 0.883. The van der Waals surface area contributed by atoms with Crippen LogP contribution < -0.4 is 15.8 Å². The van der Waals surface area contributed by atoms with E-state index in [2.05, 4.69) is 15.4 Å². The fourth-order valence-corrected chi connectivity index (χ4v) is 1.65. The number of nitrogens with two attached hydrogens (primary N) is 1. The number of nitrogens with zero attached hydrogens (tertiary/aromatic N) is 3. The molecule has 0 aliphatic rings. The molecule has 0 radical (unpaired) electrons. The molecule has 0 aliphatic carbocycles. The largest absolute Gasteiger partial charge is 0.489 e. The van der Waals surface area contributed by atoms with Gasteiger partial charge < -0.3 is 15.8 Å². The van der Waals surface area contributed by atoms with Gasteiger partial charge in [0, 0.05) is 12.3 Å². The number of nitrogens with one attached hydrogen (secondary N) is 1. The number of hydrogen-bond acceptors (Lipinski definition) is 5. The average molecular weight is 311 g/mol. The molecule has 0 bridgehead atoms. The Morgan fingerprint density at radius 3 is 2.77 bits per heavy atom. The molecule has 3 N–H and O–H groups in total. The van der Waals surface area contributed by atoms with Gasteiger partial charge in [-0.2, -0.15) is 13.9 Å². The summed E-state index contributed by atoms with van der Waals surface area (Å²) in [5.41, 5.74) is 5.71. The van der Waals surface area contributed by atoms with Gasteiger partial charge in [-0.1, -0.05) is 0 Å². The minimum Gasteiger partial charge on any atom is -0.489 e. The van der Waals surface area contributed by atoms with Crippen LogP contribution in [0.15, 0.2) is 24.5 Å². The van der Waals surface area contributed by atoms with E-state index in [1.165, 1.54) is 18.3 Å². The number of nitrogen functional groups attached to an aromatic ring is 1. The number of rotatable bonds is 5. The molecule has 0 spiro atoms. The Bertz CT molecular complexity index is 672. The Morgan fingerprint density at radius 2 is 2.18 bits per heavy atom. The first-order valence-electron chi connectivity index (χ1n) is 6.43. The summed E-state index contributed by atoms with van der Waals surface area (Å²) >= 11 is 0. The molecule has 2 rings (SSSR count). The molecule has 1 amide bonds. The molecular weight excluding hydrogens is 296 g/mol. The first-order chi connectivity index (χ1) is 10.4. The van der Waals surface area contributed by atoms with Crippen molar-refractivity contribution in [2.45, 2.75) is 26.5 Å². The van der Waals surface area contributed by atoms with Crippen LogP contribution in [0.4, 0.5) is 20.3 Å². The van der Waals surface area contributed by atoms with Gasteiger partial charge in [-0.25, -0.2) is 9.67 Å². The second-order valence-corrected chi connectivity index (χ2v) is 4.68. The molecule has 0 unspecified atom stereocenters. The summed E-state index contributed by atoms with van der Waals surface area (Å²) in [7, 11) is 0. The van der Waals surface area contributed by atoms with Crippen molar-refractivity contribution in [3.63, 3.8) is 0 Å². The van der Waals surface area contributed by atoms with Crippen LogP contribution in [0.25, 0.3) is 0 Å². The van der Waals surface area contributed by atoms with E-state index in [0.29, 0.717) is 10.4 Å². The summed E-state index contributed by atoms with van der Waals surface area (Å²) in [5, 5.41) is 5.99. The first-order valence-corrected chi connectivity index (χ1v) is 6.43. The highest BCUT2D eigenvalue weighted by atomic mass is 19.3.